The van der Waals surface area contributed by atoms with Gasteiger partial charge >= 0.3 is 0 Å². The van der Waals surface area contributed by atoms with Crippen LogP contribution in [0.3, 0.4) is 0 Å². The number of aromatic nitrogens is 1. The zero-order valence-electron chi connectivity index (χ0n) is 15.0. The van der Waals surface area contributed by atoms with E-state index in [1.165, 1.54) is 0 Å². The molecule has 2 fully saturated rings. The number of carbonyl (C=O) groups excluding carboxylic acids is 2. The van der Waals surface area contributed by atoms with Crippen molar-refractivity contribution in [3.05, 3.63) is 65.5 Å². The van der Waals surface area contributed by atoms with Gasteiger partial charge in [0.25, 0.3) is 5.91 Å². The Labute approximate surface area is 158 Å². The number of nitrogens with zero attached hydrogens (tertiary/aromatic N) is 4. The molecule has 3 heterocycles. The number of amides is 2. The fourth-order valence-electron chi connectivity index (χ4n) is 4.06. The molecule has 136 valence electrons. The Morgan fingerprint density at radius 2 is 2.04 bits per heavy atom. The van der Waals surface area contributed by atoms with Gasteiger partial charge in [-0.2, -0.15) is 5.26 Å². The average Bonchev–Trinajstić information content (AvgIpc) is 3.28. The van der Waals surface area contributed by atoms with Crippen LogP contribution in [-0.2, 0) is 11.3 Å². The predicted molar refractivity (Wildman–Crippen MR) is 98.4 cm³/mol. The molecule has 0 aliphatic carbocycles. The van der Waals surface area contributed by atoms with E-state index < -0.39 is 5.41 Å². The van der Waals surface area contributed by atoms with E-state index in [0.717, 1.165) is 12.1 Å². The largest absolute Gasteiger partial charge is 0.338 e. The minimum absolute atomic E-state index is 0.111. The fraction of sp³-hybridized carbons (Fsp3) is 0.333. The second kappa shape index (κ2) is 6.84. The maximum Gasteiger partial charge on any atom is 0.253 e. The Bertz CT molecular complexity index is 921. The summed E-state index contributed by atoms with van der Waals surface area (Å²) in [6.45, 7) is 2.22. The molecule has 1 atom stereocenters. The number of hydrogen-bond acceptors (Lipinski definition) is 4. The van der Waals surface area contributed by atoms with Crippen molar-refractivity contribution in [2.24, 2.45) is 5.41 Å². The van der Waals surface area contributed by atoms with Gasteiger partial charge in [0.15, 0.2) is 0 Å². The van der Waals surface area contributed by atoms with Crippen LogP contribution in [0.1, 0.15) is 34.5 Å². The first-order valence-electron chi connectivity index (χ1n) is 9.10. The number of benzene rings is 1. The van der Waals surface area contributed by atoms with Gasteiger partial charge < -0.3 is 9.80 Å². The Balaban J connectivity index is 1.46. The van der Waals surface area contributed by atoms with Crippen LogP contribution in [0.2, 0.25) is 0 Å². The van der Waals surface area contributed by atoms with Crippen LogP contribution in [-0.4, -0.2) is 46.2 Å². The number of carbonyl (C=O) groups is 2. The second-order valence-corrected chi connectivity index (χ2v) is 7.25. The molecule has 1 aromatic heterocycles. The quantitative estimate of drug-likeness (QED) is 0.841. The van der Waals surface area contributed by atoms with Crippen molar-refractivity contribution < 1.29 is 9.59 Å². The molecular formula is C21H20N4O2. The van der Waals surface area contributed by atoms with Crippen molar-refractivity contribution in [1.29, 1.82) is 5.26 Å². The average molecular weight is 360 g/mol. The van der Waals surface area contributed by atoms with Gasteiger partial charge in [-0.05, 0) is 43.2 Å². The second-order valence-electron chi connectivity index (χ2n) is 7.25. The summed E-state index contributed by atoms with van der Waals surface area (Å²) >= 11 is 0. The van der Waals surface area contributed by atoms with E-state index in [9.17, 15) is 9.59 Å². The number of nitriles is 1. The van der Waals surface area contributed by atoms with E-state index in [1.807, 2.05) is 23.1 Å². The predicted octanol–water partition coefficient (Wildman–Crippen LogP) is 2.22. The molecule has 0 bridgehead atoms. The van der Waals surface area contributed by atoms with E-state index in [-0.39, 0.29) is 11.8 Å². The van der Waals surface area contributed by atoms with Crippen LogP contribution in [0.15, 0.2) is 48.7 Å². The van der Waals surface area contributed by atoms with Gasteiger partial charge in [0.2, 0.25) is 5.91 Å². The van der Waals surface area contributed by atoms with Crippen molar-refractivity contribution in [2.45, 2.75) is 19.4 Å². The zero-order valence-corrected chi connectivity index (χ0v) is 15.0. The standard InChI is InChI=1S/C21H20N4O2/c22-13-16-4-3-5-17(12-16)19(26)25-11-8-21(15-25)7-10-24(20(21)27)14-18-6-1-2-9-23-18/h1-6,9,12H,7-8,10-11,14-15H2. The molecular weight excluding hydrogens is 340 g/mol. The molecule has 2 aliphatic rings. The van der Waals surface area contributed by atoms with Crippen LogP contribution in [0.25, 0.3) is 0 Å². The van der Waals surface area contributed by atoms with Crippen molar-refractivity contribution >= 4 is 11.8 Å². The summed E-state index contributed by atoms with van der Waals surface area (Å²) in [6.07, 6.45) is 3.19. The van der Waals surface area contributed by atoms with Crippen molar-refractivity contribution in [1.82, 2.24) is 14.8 Å². The van der Waals surface area contributed by atoms with E-state index >= 15 is 0 Å². The highest BCUT2D eigenvalue weighted by Crippen LogP contribution is 2.41. The van der Waals surface area contributed by atoms with Gasteiger partial charge in [-0.25, -0.2) is 0 Å². The third-order valence-corrected chi connectivity index (χ3v) is 5.56. The lowest BCUT2D eigenvalue weighted by Gasteiger charge is -2.23. The van der Waals surface area contributed by atoms with Crippen LogP contribution in [0.4, 0.5) is 0 Å². The van der Waals surface area contributed by atoms with E-state index in [0.29, 0.717) is 43.7 Å². The lowest BCUT2D eigenvalue weighted by Crippen LogP contribution is -2.38. The third kappa shape index (κ3) is 3.17. The molecule has 1 spiro atoms. The Morgan fingerprint density at radius 1 is 1.19 bits per heavy atom. The van der Waals surface area contributed by atoms with Gasteiger partial charge in [0, 0.05) is 31.4 Å². The van der Waals surface area contributed by atoms with Crippen LogP contribution in [0, 0.1) is 16.7 Å². The van der Waals surface area contributed by atoms with Crippen LogP contribution in [0.5, 0.6) is 0 Å². The molecule has 6 nitrogen and oxygen atoms in total. The zero-order chi connectivity index (χ0) is 18.9. The van der Waals surface area contributed by atoms with Crippen molar-refractivity contribution in [3.8, 4) is 6.07 Å². The number of pyridine rings is 1. The fourth-order valence-corrected chi connectivity index (χ4v) is 4.06. The number of likely N-dealkylation sites (tertiary alicyclic amines) is 2. The molecule has 2 aliphatic heterocycles. The topological polar surface area (TPSA) is 77.3 Å². The van der Waals surface area contributed by atoms with Gasteiger partial charge in [0.05, 0.1) is 29.3 Å². The smallest absolute Gasteiger partial charge is 0.253 e. The SMILES string of the molecule is N#Cc1cccc(C(=O)N2CCC3(CCN(Cc4ccccn4)C3=O)C2)c1. The van der Waals surface area contributed by atoms with E-state index in [2.05, 4.69) is 11.1 Å². The number of hydrogen-bond donors (Lipinski definition) is 0. The first-order chi connectivity index (χ1) is 13.1. The Morgan fingerprint density at radius 3 is 2.81 bits per heavy atom. The monoisotopic (exact) mass is 360 g/mol. The molecule has 1 unspecified atom stereocenters. The molecule has 0 saturated carbocycles. The minimum Gasteiger partial charge on any atom is -0.338 e. The minimum atomic E-state index is -0.475. The number of rotatable bonds is 3. The summed E-state index contributed by atoms with van der Waals surface area (Å²) in [4.78, 5) is 33.8. The molecule has 27 heavy (non-hydrogen) atoms. The van der Waals surface area contributed by atoms with Crippen LogP contribution < -0.4 is 0 Å². The van der Waals surface area contributed by atoms with Gasteiger partial charge in [-0.15, -0.1) is 0 Å². The molecule has 0 radical (unpaired) electrons. The Kier molecular flexibility index (Phi) is 4.36. The molecule has 4 rings (SSSR count). The van der Waals surface area contributed by atoms with Gasteiger partial charge in [0.1, 0.15) is 0 Å². The molecule has 1 aromatic carbocycles. The van der Waals surface area contributed by atoms with Crippen molar-refractivity contribution in [2.75, 3.05) is 19.6 Å². The molecule has 0 N–H and O–H groups in total. The summed E-state index contributed by atoms with van der Waals surface area (Å²) in [5, 5.41) is 9.03. The van der Waals surface area contributed by atoms with E-state index in [1.54, 1.807) is 35.4 Å². The van der Waals surface area contributed by atoms with Crippen LogP contribution >= 0.6 is 0 Å². The highest BCUT2D eigenvalue weighted by molar-refractivity contribution is 5.96. The Hall–Kier alpha value is -3.20. The summed E-state index contributed by atoms with van der Waals surface area (Å²) in [7, 11) is 0. The molecule has 2 saturated heterocycles. The molecule has 6 heteroatoms. The maximum absolute atomic E-state index is 13.1. The lowest BCUT2D eigenvalue weighted by atomic mass is 9.85. The summed E-state index contributed by atoms with van der Waals surface area (Å²) in [6, 6.07) is 14.5. The lowest BCUT2D eigenvalue weighted by molar-refractivity contribution is -0.135. The molecule has 2 aromatic rings. The summed E-state index contributed by atoms with van der Waals surface area (Å²) in [5.74, 6) is 0.00850. The normalized spacial score (nSPS) is 21.7. The van der Waals surface area contributed by atoms with Gasteiger partial charge in [-0.1, -0.05) is 12.1 Å². The first kappa shape index (κ1) is 17.2. The highest BCUT2D eigenvalue weighted by atomic mass is 16.2. The first-order valence-corrected chi connectivity index (χ1v) is 9.10. The third-order valence-electron chi connectivity index (χ3n) is 5.56. The van der Waals surface area contributed by atoms with Gasteiger partial charge in [-0.3, -0.25) is 14.6 Å². The highest BCUT2D eigenvalue weighted by Gasteiger charge is 2.51. The maximum atomic E-state index is 13.1. The van der Waals surface area contributed by atoms with E-state index in [4.69, 9.17) is 5.26 Å². The summed E-state index contributed by atoms with van der Waals surface area (Å²) < 4.78 is 0. The van der Waals surface area contributed by atoms with Crippen molar-refractivity contribution in [3.63, 3.8) is 0 Å². The summed E-state index contributed by atoms with van der Waals surface area (Å²) in [5.41, 5.74) is 1.37. The molecule has 2 amide bonds.